The number of carbonyl (C=O) groups is 1. The zero-order valence-electron chi connectivity index (χ0n) is 10.1. The number of carbonyl (C=O) groups excluding carboxylic acids is 1. The number of nitrogens with zero attached hydrogens (tertiary/aromatic N) is 1. The van der Waals surface area contributed by atoms with Gasteiger partial charge in [0.05, 0.1) is 27.2 Å². The van der Waals surface area contributed by atoms with E-state index in [1.165, 1.54) is 19.0 Å². The molecule has 15 heavy (non-hydrogen) atoms. The Labute approximate surface area is 99.5 Å². The maximum Gasteiger partial charge on any atom is 0.243 e. The van der Waals surface area contributed by atoms with Gasteiger partial charge in [-0.1, -0.05) is 13.5 Å². The minimum atomic E-state index is -0.0780. The van der Waals surface area contributed by atoms with Crippen molar-refractivity contribution in [3.8, 4) is 0 Å². The van der Waals surface area contributed by atoms with Crippen LogP contribution in [0.25, 0.3) is 0 Å². The maximum atomic E-state index is 10.8. The summed E-state index contributed by atoms with van der Waals surface area (Å²) in [4.78, 5) is 10.8. The fraction of sp³-hybridized carbons (Fsp3) is 0.727. The molecule has 0 aliphatic heterocycles. The van der Waals surface area contributed by atoms with Gasteiger partial charge in [0.25, 0.3) is 0 Å². The summed E-state index contributed by atoms with van der Waals surface area (Å²) in [5, 5.41) is 2.78. The van der Waals surface area contributed by atoms with Gasteiger partial charge in [0.1, 0.15) is 0 Å². The molecule has 0 aliphatic carbocycles. The van der Waals surface area contributed by atoms with Gasteiger partial charge >= 0.3 is 0 Å². The van der Waals surface area contributed by atoms with Crippen LogP contribution in [0.2, 0.25) is 0 Å². The molecule has 0 aromatic carbocycles. The highest BCUT2D eigenvalue weighted by molar-refractivity contribution is 5.86. The number of amides is 1. The van der Waals surface area contributed by atoms with Crippen LogP contribution in [0.4, 0.5) is 0 Å². The normalized spacial score (nSPS) is 10.3. The van der Waals surface area contributed by atoms with Crippen molar-refractivity contribution in [1.82, 2.24) is 5.32 Å². The molecule has 4 heteroatoms. The van der Waals surface area contributed by atoms with Gasteiger partial charge in [-0.3, -0.25) is 4.79 Å². The Morgan fingerprint density at radius 2 is 2.00 bits per heavy atom. The molecule has 0 saturated carbocycles. The summed E-state index contributed by atoms with van der Waals surface area (Å²) < 4.78 is 1.03. The SMILES string of the molecule is C=CC(=O)NCCC[N+](C)(C)CCC.[Cl-]. The lowest BCUT2D eigenvalue weighted by atomic mass is 10.3. The summed E-state index contributed by atoms with van der Waals surface area (Å²) in [6.07, 6.45) is 3.53. The molecule has 0 atom stereocenters. The van der Waals surface area contributed by atoms with Gasteiger partial charge in [0.2, 0.25) is 5.91 Å². The summed E-state index contributed by atoms with van der Waals surface area (Å²) in [6.45, 7) is 8.63. The lowest BCUT2D eigenvalue weighted by Crippen LogP contribution is -3.00. The van der Waals surface area contributed by atoms with Gasteiger partial charge < -0.3 is 22.2 Å². The highest BCUT2D eigenvalue weighted by atomic mass is 35.5. The van der Waals surface area contributed by atoms with Crippen molar-refractivity contribution in [2.24, 2.45) is 0 Å². The van der Waals surface area contributed by atoms with E-state index >= 15 is 0 Å². The van der Waals surface area contributed by atoms with Gasteiger partial charge in [0, 0.05) is 13.0 Å². The Kier molecular flexibility index (Phi) is 9.84. The molecule has 0 heterocycles. The molecule has 0 unspecified atom stereocenters. The van der Waals surface area contributed by atoms with Crippen molar-refractivity contribution >= 4 is 5.91 Å². The van der Waals surface area contributed by atoms with E-state index in [0.717, 1.165) is 24.0 Å². The smallest absolute Gasteiger partial charge is 0.243 e. The topological polar surface area (TPSA) is 29.1 Å². The molecule has 0 aromatic rings. The van der Waals surface area contributed by atoms with Crippen LogP contribution in [0.3, 0.4) is 0 Å². The highest BCUT2D eigenvalue weighted by Gasteiger charge is 2.12. The molecule has 0 rings (SSSR count). The minimum absolute atomic E-state index is 0. The molecule has 90 valence electrons. The minimum Gasteiger partial charge on any atom is -1.00 e. The van der Waals surface area contributed by atoms with E-state index in [-0.39, 0.29) is 18.3 Å². The van der Waals surface area contributed by atoms with E-state index in [1.54, 1.807) is 0 Å². The molecule has 0 fully saturated rings. The quantitative estimate of drug-likeness (QED) is 0.314. The number of nitrogens with one attached hydrogen (secondary N) is 1. The van der Waals surface area contributed by atoms with Gasteiger partial charge in [0.15, 0.2) is 0 Å². The van der Waals surface area contributed by atoms with Gasteiger partial charge in [-0.25, -0.2) is 0 Å². The van der Waals surface area contributed by atoms with Crippen LogP contribution in [0.15, 0.2) is 12.7 Å². The molecule has 0 radical (unpaired) electrons. The van der Waals surface area contributed by atoms with Crippen molar-refractivity contribution in [1.29, 1.82) is 0 Å². The third-order valence-electron chi connectivity index (χ3n) is 2.25. The highest BCUT2D eigenvalue weighted by Crippen LogP contribution is 2.00. The molecule has 0 bridgehead atoms. The Bertz CT molecular complexity index is 193. The summed E-state index contributed by atoms with van der Waals surface area (Å²) in [5.74, 6) is -0.0780. The molecule has 3 nitrogen and oxygen atoms in total. The summed E-state index contributed by atoms with van der Waals surface area (Å²) in [7, 11) is 4.44. The van der Waals surface area contributed by atoms with Crippen LogP contribution >= 0.6 is 0 Å². The molecular weight excluding hydrogens is 212 g/mol. The predicted molar refractivity (Wildman–Crippen MR) is 60.0 cm³/mol. The van der Waals surface area contributed by atoms with Crippen molar-refractivity contribution < 1.29 is 21.7 Å². The van der Waals surface area contributed by atoms with Crippen molar-refractivity contribution in [3.05, 3.63) is 12.7 Å². The Hall–Kier alpha value is -0.540. The predicted octanol–water partition coefficient (Wildman–Crippen LogP) is -1.83. The van der Waals surface area contributed by atoms with Crippen LogP contribution in [-0.4, -0.2) is 44.1 Å². The fourth-order valence-electron chi connectivity index (χ4n) is 1.51. The van der Waals surface area contributed by atoms with E-state index in [0.29, 0.717) is 0 Å². The third kappa shape index (κ3) is 9.76. The van der Waals surface area contributed by atoms with Crippen LogP contribution in [0, 0.1) is 0 Å². The Morgan fingerprint density at radius 1 is 1.40 bits per heavy atom. The first-order valence-corrected chi connectivity index (χ1v) is 5.24. The van der Waals surface area contributed by atoms with E-state index in [9.17, 15) is 4.79 Å². The standard InChI is InChI=1S/C11H22N2O.ClH/c1-5-9-13(3,4)10-7-8-12-11(14)6-2;/h6H,2,5,7-10H2,1,3-4H3;1H. The Balaban J connectivity index is 0. The van der Waals surface area contributed by atoms with E-state index < -0.39 is 0 Å². The molecule has 0 spiro atoms. The number of rotatable bonds is 7. The zero-order valence-corrected chi connectivity index (χ0v) is 10.8. The number of hydrogen-bond acceptors (Lipinski definition) is 1. The zero-order chi connectivity index (χ0) is 11.0. The second-order valence-electron chi connectivity index (χ2n) is 4.23. The Morgan fingerprint density at radius 3 is 2.47 bits per heavy atom. The number of hydrogen-bond donors (Lipinski definition) is 1. The molecular formula is C11H23ClN2O. The van der Waals surface area contributed by atoms with Crippen LogP contribution < -0.4 is 17.7 Å². The largest absolute Gasteiger partial charge is 1.00 e. The van der Waals surface area contributed by atoms with E-state index in [1.807, 2.05) is 0 Å². The first-order chi connectivity index (χ1) is 6.52. The molecule has 0 aliphatic rings. The van der Waals surface area contributed by atoms with Crippen molar-refractivity contribution in [2.75, 3.05) is 33.7 Å². The second kappa shape index (κ2) is 8.74. The lowest BCUT2D eigenvalue weighted by Gasteiger charge is -2.29. The van der Waals surface area contributed by atoms with Gasteiger partial charge in [-0.15, -0.1) is 0 Å². The molecule has 1 N–H and O–H groups in total. The van der Waals surface area contributed by atoms with Crippen molar-refractivity contribution in [2.45, 2.75) is 19.8 Å². The fourth-order valence-corrected chi connectivity index (χ4v) is 1.51. The van der Waals surface area contributed by atoms with Gasteiger partial charge in [-0.05, 0) is 12.5 Å². The maximum absolute atomic E-state index is 10.8. The third-order valence-corrected chi connectivity index (χ3v) is 2.25. The monoisotopic (exact) mass is 234 g/mol. The summed E-state index contributed by atoms with van der Waals surface area (Å²) >= 11 is 0. The number of quaternary nitrogens is 1. The molecule has 0 aromatic heterocycles. The number of halogens is 1. The molecule has 1 amide bonds. The first kappa shape index (κ1) is 16.9. The van der Waals surface area contributed by atoms with Crippen LogP contribution in [0.1, 0.15) is 19.8 Å². The first-order valence-electron chi connectivity index (χ1n) is 5.24. The second-order valence-corrected chi connectivity index (χ2v) is 4.23. The van der Waals surface area contributed by atoms with E-state index in [4.69, 9.17) is 0 Å². The molecule has 0 saturated heterocycles. The lowest BCUT2D eigenvalue weighted by molar-refractivity contribution is -0.890. The average molecular weight is 235 g/mol. The summed E-state index contributed by atoms with van der Waals surface area (Å²) in [5.41, 5.74) is 0. The van der Waals surface area contributed by atoms with E-state index in [2.05, 4.69) is 32.9 Å². The van der Waals surface area contributed by atoms with Crippen LogP contribution in [-0.2, 0) is 4.79 Å². The summed E-state index contributed by atoms with van der Waals surface area (Å²) in [6, 6.07) is 0. The van der Waals surface area contributed by atoms with Crippen molar-refractivity contribution in [3.63, 3.8) is 0 Å². The average Bonchev–Trinajstić information content (AvgIpc) is 2.12. The van der Waals surface area contributed by atoms with Gasteiger partial charge in [-0.2, -0.15) is 0 Å². The van der Waals surface area contributed by atoms with Crippen LogP contribution in [0.5, 0.6) is 0 Å².